The lowest BCUT2D eigenvalue weighted by molar-refractivity contribution is -0.121. The molecule has 5 nitrogen and oxygen atoms in total. The molecule has 0 saturated carbocycles. The van der Waals surface area contributed by atoms with Crippen LogP contribution in [0.5, 0.6) is 0 Å². The summed E-state index contributed by atoms with van der Waals surface area (Å²) in [6.07, 6.45) is 4.68. The number of unbranched alkanes of at least 4 members (excludes halogenated alkanes) is 1. The molecule has 0 aliphatic carbocycles. The molecular formula is C25H30N4OS. The first kappa shape index (κ1) is 22.8. The molecule has 0 bridgehead atoms. The molecule has 0 atom stereocenters. The number of aryl methyl sites for hydroxylation is 3. The smallest absolute Gasteiger partial charge is 0.220 e. The molecular weight excluding hydrogens is 404 g/mol. The van der Waals surface area contributed by atoms with E-state index >= 15 is 0 Å². The Labute approximate surface area is 189 Å². The molecule has 1 heterocycles. The average molecular weight is 435 g/mol. The number of aromatic nitrogens is 3. The average Bonchev–Trinajstić information content (AvgIpc) is 3.16. The lowest BCUT2D eigenvalue weighted by Crippen LogP contribution is -2.22. The lowest BCUT2D eigenvalue weighted by Gasteiger charge is -2.11. The number of carbonyl (C=O) groups is 1. The second-order valence-electron chi connectivity index (χ2n) is 7.65. The van der Waals surface area contributed by atoms with Crippen LogP contribution in [0.1, 0.15) is 41.8 Å². The molecule has 0 unspecified atom stereocenters. The molecule has 31 heavy (non-hydrogen) atoms. The quantitative estimate of drug-likeness (QED) is 0.256. The Bertz CT molecular complexity index is 993. The molecule has 3 rings (SSSR count). The van der Waals surface area contributed by atoms with Gasteiger partial charge in [0.05, 0.1) is 0 Å². The standard InChI is InChI=1S/C25H30N4OS/c1-4-14-26-24(30)13-9-8-12-23-27-28-25(29(23)22-10-6-5-7-11-22)31-18-21-16-19(2)15-20(3)17-21/h4-7,10-11,15-17H,1,8-9,12-14,18H2,2-3H3,(H,26,30). The van der Waals surface area contributed by atoms with Crippen molar-refractivity contribution in [3.63, 3.8) is 0 Å². The van der Waals surface area contributed by atoms with Crippen LogP contribution >= 0.6 is 11.8 Å². The van der Waals surface area contributed by atoms with Gasteiger partial charge in [0.25, 0.3) is 0 Å². The Kier molecular flexibility index (Phi) is 8.47. The summed E-state index contributed by atoms with van der Waals surface area (Å²) in [5, 5.41) is 12.7. The Morgan fingerprint density at radius 1 is 1.10 bits per heavy atom. The highest BCUT2D eigenvalue weighted by atomic mass is 32.2. The van der Waals surface area contributed by atoms with Gasteiger partial charge in [0.2, 0.25) is 5.91 Å². The van der Waals surface area contributed by atoms with Crippen LogP contribution in [0.2, 0.25) is 0 Å². The third-order valence-electron chi connectivity index (χ3n) is 4.86. The summed E-state index contributed by atoms with van der Waals surface area (Å²) >= 11 is 1.70. The van der Waals surface area contributed by atoms with Gasteiger partial charge in [-0.25, -0.2) is 0 Å². The number of benzene rings is 2. The molecule has 0 radical (unpaired) electrons. The van der Waals surface area contributed by atoms with Gasteiger partial charge in [0.1, 0.15) is 5.82 Å². The van der Waals surface area contributed by atoms with E-state index < -0.39 is 0 Å². The van der Waals surface area contributed by atoms with Gasteiger partial charge in [-0.3, -0.25) is 9.36 Å². The van der Waals surface area contributed by atoms with E-state index in [4.69, 9.17) is 0 Å². The number of carbonyl (C=O) groups excluding carboxylic acids is 1. The maximum Gasteiger partial charge on any atom is 0.220 e. The van der Waals surface area contributed by atoms with Crippen LogP contribution in [0.25, 0.3) is 5.69 Å². The van der Waals surface area contributed by atoms with E-state index in [1.54, 1.807) is 17.8 Å². The monoisotopic (exact) mass is 434 g/mol. The van der Waals surface area contributed by atoms with Crippen LogP contribution in [-0.2, 0) is 17.0 Å². The topological polar surface area (TPSA) is 59.8 Å². The van der Waals surface area contributed by atoms with Crippen LogP contribution in [0.4, 0.5) is 0 Å². The Morgan fingerprint density at radius 2 is 1.84 bits per heavy atom. The fraction of sp³-hybridized carbons (Fsp3) is 0.320. The molecule has 0 spiro atoms. The third-order valence-corrected chi connectivity index (χ3v) is 5.86. The van der Waals surface area contributed by atoms with Gasteiger partial charge in [-0.15, -0.1) is 16.8 Å². The predicted molar refractivity (Wildman–Crippen MR) is 128 cm³/mol. The number of rotatable bonds is 11. The number of hydrogen-bond donors (Lipinski definition) is 1. The predicted octanol–water partition coefficient (Wildman–Crippen LogP) is 5.19. The second-order valence-corrected chi connectivity index (χ2v) is 8.60. The van der Waals surface area contributed by atoms with Crippen LogP contribution in [0.3, 0.4) is 0 Å². The van der Waals surface area contributed by atoms with E-state index in [0.29, 0.717) is 13.0 Å². The fourth-order valence-corrected chi connectivity index (χ4v) is 4.44. The largest absolute Gasteiger partial charge is 0.353 e. The highest BCUT2D eigenvalue weighted by molar-refractivity contribution is 7.98. The number of amides is 1. The Morgan fingerprint density at radius 3 is 2.55 bits per heavy atom. The van der Waals surface area contributed by atoms with E-state index in [1.807, 2.05) is 18.2 Å². The third kappa shape index (κ3) is 6.82. The van der Waals surface area contributed by atoms with E-state index in [2.05, 4.69) is 70.8 Å². The molecule has 2 aromatic carbocycles. The molecule has 1 aromatic heterocycles. The van der Waals surface area contributed by atoms with Crippen LogP contribution in [0.15, 0.2) is 66.3 Å². The number of nitrogens with one attached hydrogen (secondary N) is 1. The number of thioether (sulfide) groups is 1. The summed E-state index contributed by atoms with van der Waals surface area (Å²) in [5.74, 6) is 1.84. The van der Waals surface area contributed by atoms with Crippen LogP contribution < -0.4 is 5.32 Å². The molecule has 1 amide bonds. The summed E-state index contributed by atoms with van der Waals surface area (Å²) in [4.78, 5) is 11.8. The maximum atomic E-state index is 11.8. The van der Waals surface area contributed by atoms with Crippen molar-refractivity contribution in [1.29, 1.82) is 0 Å². The van der Waals surface area contributed by atoms with Crippen molar-refractivity contribution in [2.45, 2.75) is 50.4 Å². The van der Waals surface area contributed by atoms with Gasteiger partial charge in [-0.05, 0) is 44.4 Å². The summed E-state index contributed by atoms with van der Waals surface area (Å²) in [5.41, 5.74) is 4.90. The normalized spacial score (nSPS) is 10.8. The summed E-state index contributed by atoms with van der Waals surface area (Å²) in [6.45, 7) is 8.39. The van der Waals surface area contributed by atoms with Crippen molar-refractivity contribution in [3.8, 4) is 5.69 Å². The number of nitrogens with zero attached hydrogens (tertiary/aromatic N) is 3. The Hall–Kier alpha value is -2.86. The molecule has 0 fully saturated rings. The van der Waals surface area contributed by atoms with Crippen molar-refractivity contribution in [2.24, 2.45) is 0 Å². The Balaban J connectivity index is 1.69. The second kappa shape index (κ2) is 11.5. The maximum absolute atomic E-state index is 11.8. The first-order valence-electron chi connectivity index (χ1n) is 10.6. The molecule has 6 heteroatoms. The van der Waals surface area contributed by atoms with E-state index in [0.717, 1.165) is 41.7 Å². The number of hydrogen-bond acceptors (Lipinski definition) is 4. The van der Waals surface area contributed by atoms with Gasteiger partial charge >= 0.3 is 0 Å². The molecule has 0 saturated heterocycles. The highest BCUT2D eigenvalue weighted by Crippen LogP contribution is 2.26. The minimum atomic E-state index is 0.0640. The number of para-hydroxylation sites is 1. The van der Waals surface area contributed by atoms with Gasteiger partial charge in [-0.1, -0.05) is 65.4 Å². The van der Waals surface area contributed by atoms with Gasteiger partial charge < -0.3 is 5.32 Å². The first-order chi connectivity index (χ1) is 15.1. The lowest BCUT2D eigenvalue weighted by atomic mass is 10.1. The summed E-state index contributed by atoms with van der Waals surface area (Å²) in [6, 6.07) is 16.9. The first-order valence-corrected chi connectivity index (χ1v) is 11.6. The van der Waals surface area contributed by atoms with Crippen molar-refractivity contribution >= 4 is 17.7 Å². The molecule has 1 N–H and O–H groups in total. The zero-order valence-electron chi connectivity index (χ0n) is 18.3. The minimum Gasteiger partial charge on any atom is -0.353 e. The van der Waals surface area contributed by atoms with Crippen LogP contribution in [-0.4, -0.2) is 27.2 Å². The molecule has 0 aliphatic rings. The summed E-state index contributed by atoms with van der Waals surface area (Å²) in [7, 11) is 0. The van der Waals surface area contributed by atoms with E-state index in [-0.39, 0.29) is 5.91 Å². The SMILES string of the molecule is C=CCNC(=O)CCCCc1nnc(SCc2cc(C)cc(C)c2)n1-c1ccccc1. The van der Waals surface area contributed by atoms with Gasteiger partial charge in [-0.2, -0.15) is 0 Å². The fourth-order valence-electron chi connectivity index (χ4n) is 3.54. The highest BCUT2D eigenvalue weighted by Gasteiger charge is 2.15. The van der Waals surface area contributed by atoms with Crippen molar-refractivity contribution in [1.82, 2.24) is 20.1 Å². The van der Waals surface area contributed by atoms with Crippen LogP contribution in [0, 0.1) is 13.8 Å². The summed E-state index contributed by atoms with van der Waals surface area (Å²) < 4.78 is 2.14. The zero-order chi connectivity index (χ0) is 22.1. The zero-order valence-corrected chi connectivity index (χ0v) is 19.1. The molecule has 3 aromatic rings. The van der Waals surface area contributed by atoms with Gasteiger partial charge in [0.15, 0.2) is 5.16 Å². The van der Waals surface area contributed by atoms with E-state index in [9.17, 15) is 4.79 Å². The van der Waals surface area contributed by atoms with E-state index in [1.165, 1.54) is 16.7 Å². The van der Waals surface area contributed by atoms with Crippen molar-refractivity contribution in [3.05, 3.63) is 83.7 Å². The van der Waals surface area contributed by atoms with Crippen molar-refractivity contribution < 1.29 is 4.79 Å². The molecule has 162 valence electrons. The van der Waals surface area contributed by atoms with Gasteiger partial charge in [0, 0.05) is 30.8 Å². The molecule has 0 aliphatic heterocycles. The van der Waals surface area contributed by atoms with Crippen molar-refractivity contribution in [2.75, 3.05) is 6.54 Å². The minimum absolute atomic E-state index is 0.0640.